The minimum Gasteiger partial charge on any atom is -0.448 e. The Kier molecular flexibility index (Phi) is 9.77. The van der Waals surface area contributed by atoms with Gasteiger partial charge < -0.3 is 20.1 Å². The van der Waals surface area contributed by atoms with Crippen LogP contribution in [0.3, 0.4) is 0 Å². The van der Waals surface area contributed by atoms with Gasteiger partial charge in [-0.1, -0.05) is 121 Å². The van der Waals surface area contributed by atoms with Gasteiger partial charge in [-0.3, -0.25) is 18.7 Å². The van der Waals surface area contributed by atoms with Crippen molar-refractivity contribution in [3.63, 3.8) is 0 Å². The zero-order chi connectivity index (χ0) is 33.6. The van der Waals surface area contributed by atoms with E-state index in [1.807, 2.05) is 78.9 Å². The van der Waals surface area contributed by atoms with Crippen LogP contribution in [0.2, 0.25) is 0 Å². The van der Waals surface area contributed by atoms with Crippen molar-refractivity contribution >= 4 is 34.7 Å². The Morgan fingerprint density at radius 2 is 1.33 bits per heavy atom. The molecule has 0 aromatic heterocycles. The maximum Gasteiger partial charge on any atom is 0.408 e. The van der Waals surface area contributed by atoms with E-state index in [-0.39, 0.29) is 18.1 Å². The highest BCUT2D eigenvalue weighted by Gasteiger charge is 2.57. The monoisotopic (exact) mass is 663 g/mol. The maximum atomic E-state index is 13.8. The van der Waals surface area contributed by atoms with Crippen LogP contribution in [0, 0.1) is 0 Å². The first-order valence-electron chi connectivity index (χ1n) is 15.3. The topological polar surface area (TPSA) is 131 Å². The third-order valence-corrected chi connectivity index (χ3v) is 9.85. The lowest BCUT2D eigenvalue weighted by Crippen LogP contribution is -2.74. The summed E-state index contributed by atoms with van der Waals surface area (Å²) in [4.78, 5) is 55.0. The second-order valence-electron chi connectivity index (χ2n) is 11.4. The van der Waals surface area contributed by atoms with Gasteiger partial charge in [0.25, 0.3) is 5.91 Å². The average molecular weight is 664 g/mol. The Balaban J connectivity index is 1.18. The van der Waals surface area contributed by atoms with E-state index in [4.69, 9.17) is 9.47 Å². The van der Waals surface area contributed by atoms with Gasteiger partial charge in [-0.05, 0) is 34.8 Å². The van der Waals surface area contributed by atoms with Crippen LogP contribution in [-0.2, 0) is 41.3 Å². The lowest BCUT2D eigenvalue weighted by atomic mass is 10.00. The molecule has 4 atom stereocenters. The molecule has 2 aliphatic heterocycles. The van der Waals surface area contributed by atoms with Gasteiger partial charge in [0.2, 0.25) is 5.91 Å². The van der Waals surface area contributed by atoms with Crippen LogP contribution < -0.4 is 10.6 Å². The normalized spacial score (nSPS) is 19.1. The van der Waals surface area contributed by atoms with Crippen LogP contribution in [0.5, 0.6) is 0 Å². The summed E-state index contributed by atoms with van der Waals surface area (Å²) in [5, 5.41) is 4.26. The van der Waals surface area contributed by atoms with Crippen molar-refractivity contribution in [2.24, 2.45) is 0 Å². The molecule has 2 heterocycles. The number of ether oxygens (including phenoxy) is 2. The van der Waals surface area contributed by atoms with E-state index in [1.165, 1.54) is 0 Å². The lowest BCUT2D eigenvalue weighted by Gasteiger charge is -2.49. The number of esters is 1. The number of alkyl carbamates (subject to hydrolysis) is 1. The van der Waals surface area contributed by atoms with Gasteiger partial charge in [-0.2, -0.15) is 0 Å². The van der Waals surface area contributed by atoms with E-state index in [9.17, 15) is 23.4 Å². The van der Waals surface area contributed by atoms with Crippen molar-refractivity contribution in [1.82, 2.24) is 15.5 Å². The van der Waals surface area contributed by atoms with Crippen molar-refractivity contribution in [2.45, 2.75) is 37.1 Å². The first-order valence-corrected chi connectivity index (χ1v) is 16.7. The number of carbonyl (C=O) groups excluding carboxylic acids is 4. The molecule has 4 aromatic rings. The number of nitrogens with one attached hydrogen (secondary N) is 2. The summed E-state index contributed by atoms with van der Waals surface area (Å²) >= 11 is 0. The predicted molar refractivity (Wildman–Crippen MR) is 178 cm³/mol. The van der Waals surface area contributed by atoms with Crippen LogP contribution in [0.15, 0.2) is 133 Å². The third kappa shape index (κ3) is 6.91. The molecule has 1 fully saturated rings. The summed E-state index contributed by atoms with van der Waals surface area (Å²) in [6.45, 7) is 1.63. The van der Waals surface area contributed by atoms with Crippen molar-refractivity contribution < 1.29 is 32.9 Å². The molecular weight excluding hydrogens is 630 g/mol. The van der Waals surface area contributed by atoms with Crippen molar-refractivity contribution in [3.05, 3.63) is 155 Å². The molecule has 6 rings (SSSR count). The first-order chi connectivity index (χ1) is 23.3. The quantitative estimate of drug-likeness (QED) is 0.186. The van der Waals surface area contributed by atoms with E-state index in [0.29, 0.717) is 11.1 Å². The van der Waals surface area contributed by atoms with Crippen LogP contribution in [-0.4, -0.2) is 50.2 Å². The fourth-order valence-corrected chi connectivity index (χ4v) is 7.43. The summed E-state index contributed by atoms with van der Waals surface area (Å²) < 4.78 is 24.7. The molecule has 0 aliphatic carbocycles. The van der Waals surface area contributed by atoms with Gasteiger partial charge >= 0.3 is 12.1 Å². The number of carbonyl (C=O) groups is 4. The number of nitrogens with zero attached hydrogens (tertiary/aromatic N) is 1. The van der Waals surface area contributed by atoms with E-state index in [0.717, 1.165) is 21.6 Å². The highest BCUT2D eigenvalue weighted by molar-refractivity contribution is 7.86. The van der Waals surface area contributed by atoms with E-state index in [2.05, 4.69) is 10.6 Å². The van der Waals surface area contributed by atoms with Gasteiger partial charge in [-0.25, -0.2) is 9.59 Å². The van der Waals surface area contributed by atoms with Crippen molar-refractivity contribution in [3.8, 4) is 0 Å². The molecule has 0 saturated carbocycles. The van der Waals surface area contributed by atoms with Gasteiger partial charge in [-0.15, -0.1) is 0 Å². The Bertz CT molecular complexity index is 1810. The average Bonchev–Trinajstić information content (AvgIpc) is 3.12. The van der Waals surface area contributed by atoms with Crippen LogP contribution in [0.1, 0.15) is 41.3 Å². The molecule has 48 heavy (non-hydrogen) atoms. The SMILES string of the molecule is CC1=C(C(=O)OC(c2ccccc2)c2ccccc2)N2C(=O)C(NC(=O)C(NC(=O)OCc3ccccc3)c3ccccc3)[C@H]2S(=O)C1. The summed E-state index contributed by atoms with van der Waals surface area (Å²) in [5.74, 6) is -2.03. The molecule has 0 radical (unpaired) electrons. The molecule has 0 spiro atoms. The number of hydrogen-bond donors (Lipinski definition) is 2. The number of hydrogen-bond acceptors (Lipinski definition) is 7. The van der Waals surface area contributed by atoms with Crippen LogP contribution in [0.4, 0.5) is 4.79 Å². The minimum absolute atomic E-state index is 0.00705. The maximum absolute atomic E-state index is 13.8. The summed E-state index contributed by atoms with van der Waals surface area (Å²) in [6.07, 6.45) is -1.59. The van der Waals surface area contributed by atoms with E-state index >= 15 is 0 Å². The summed E-state index contributed by atoms with van der Waals surface area (Å²) in [5.41, 5.74) is 3.16. The Morgan fingerprint density at radius 1 is 0.812 bits per heavy atom. The van der Waals surface area contributed by atoms with Crippen molar-refractivity contribution in [2.75, 3.05) is 5.75 Å². The molecule has 10 nitrogen and oxygen atoms in total. The van der Waals surface area contributed by atoms with Gasteiger partial charge in [0.05, 0.1) is 10.8 Å². The smallest absolute Gasteiger partial charge is 0.408 e. The fraction of sp³-hybridized carbons (Fsp3) is 0.189. The fourth-order valence-electron chi connectivity index (χ4n) is 5.76. The standard InChI is InChI=1S/C37H33N3O7S/c1-24-23-48(45)35-30(38-33(41)29(26-16-8-3-9-17-26)39-37(44)46-22-25-14-6-2-7-15-25)34(42)40(35)31(24)36(43)47-32(27-18-10-4-11-19-27)28-20-12-5-13-21-28/h2-21,29-30,32,35H,22-23H2,1H3,(H,38,41)(H,39,44)/t29?,30?,35-,48?/m1/s1. The Labute approximate surface area is 280 Å². The molecule has 1 saturated heterocycles. The Hall–Kier alpha value is -5.55. The van der Waals surface area contributed by atoms with Crippen molar-refractivity contribution in [1.29, 1.82) is 0 Å². The van der Waals surface area contributed by atoms with Gasteiger partial charge in [0, 0.05) is 5.75 Å². The number of fused-ring (bicyclic) bond motifs is 1. The molecule has 244 valence electrons. The zero-order valence-corrected chi connectivity index (χ0v) is 26.8. The number of rotatable bonds is 10. The molecule has 0 bridgehead atoms. The highest BCUT2D eigenvalue weighted by Crippen LogP contribution is 2.37. The van der Waals surface area contributed by atoms with Crippen LogP contribution >= 0.6 is 0 Å². The predicted octanol–water partition coefficient (Wildman–Crippen LogP) is 4.68. The lowest BCUT2D eigenvalue weighted by molar-refractivity contribution is -0.155. The highest BCUT2D eigenvalue weighted by atomic mass is 32.2. The molecular formula is C37H33N3O7S. The third-order valence-electron chi connectivity index (χ3n) is 8.11. The Morgan fingerprint density at radius 3 is 1.90 bits per heavy atom. The van der Waals surface area contributed by atoms with E-state index in [1.54, 1.807) is 49.4 Å². The summed E-state index contributed by atoms with van der Waals surface area (Å²) in [7, 11) is -1.63. The molecule has 2 aliphatic rings. The number of amides is 3. The summed E-state index contributed by atoms with van der Waals surface area (Å²) in [6, 6.07) is 33.7. The number of benzene rings is 4. The molecule has 2 N–H and O–H groups in total. The second kappa shape index (κ2) is 14.5. The first kappa shape index (κ1) is 32.4. The molecule has 4 aromatic carbocycles. The molecule has 3 unspecified atom stereocenters. The van der Waals surface area contributed by atoms with Gasteiger partial charge in [0.1, 0.15) is 29.8 Å². The molecule has 3 amide bonds. The number of β-lactam (4-membered cyclic amide) rings is 1. The molecule has 11 heteroatoms. The minimum atomic E-state index is -1.63. The van der Waals surface area contributed by atoms with Crippen LogP contribution in [0.25, 0.3) is 0 Å². The second-order valence-corrected chi connectivity index (χ2v) is 12.9. The van der Waals surface area contributed by atoms with E-state index < -0.39 is 58.2 Å². The van der Waals surface area contributed by atoms with Gasteiger partial charge in [0.15, 0.2) is 6.10 Å². The largest absolute Gasteiger partial charge is 0.448 e. The zero-order valence-electron chi connectivity index (χ0n) is 26.0.